The quantitative estimate of drug-likeness (QED) is 0.563. The third-order valence-corrected chi connectivity index (χ3v) is 3.59. The Hall–Kier alpha value is -3.66. The van der Waals surface area contributed by atoms with Crippen LogP contribution in [-0.2, 0) is 9.53 Å². The van der Waals surface area contributed by atoms with E-state index in [1.807, 2.05) is 0 Å². The molecule has 0 atom stereocenters. The van der Waals surface area contributed by atoms with Crippen LogP contribution in [-0.4, -0.2) is 29.7 Å². The third kappa shape index (κ3) is 3.87. The Morgan fingerprint density at radius 2 is 2.08 bits per heavy atom. The zero-order valence-corrected chi connectivity index (χ0v) is 13.8. The summed E-state index contributed by atoms with van der Waals surface area (Å²) in [6.45, 7) is -0.176. The number of halogens is 1. The van der Waals surface area contributed by atoms with Crippen molar-refractivity contribution in [2.75, 3.05) is 13.7 Å². The van der Waals surface area contributed by atoms with Crippen LogP contribution in [0.3, 0.4) is 0 Å². The molecule has 0 amide bonds. The van der Waals surface area contributed by atoms with Gasteiger partial charge in [-0.25, -0.2) is 14.2 Å². The molecule has 6 nitrogen and oxygen atoms in total. The van der Waals surface area contributed by atoms with Crippen molar-refractivity contribution < 1.29 is 18.7 Å². The van der Waals surface area contributed by atoms with Gasteiger partial charge >= 0.3 is 5.97 Å². The van der Waals surface area contributed by atoms with Crippen molar-refractivity contribution in [1.29, 1.82) is 5.26 Å². The zero-order valence-electron chi connectivity index (χ0n) is 13.8. The average molecular weight is 351 g/mol. The van der Waals surface area contributed by atoms with Gasteiger partial charge in [-0.3, -0.25) is 0 Å². The maximum Gasteiger partial charge on any atom is 0.343 e. The van der Waals surface area contributed by atoms with E-state index in [4.69, 9.17) is 4.74 Å². The van der Waals surface area contributed by atoms with E-state index in [2.05, 4.69) is 20.8 Å². The Morgan fingerprint density at radius 3 is 2.77 bits per heavy atom. The lowest BCUT2D eigenvalue weighted by Crippen LogP contribution is -2.12. The van der Waals surface area contributed by atoms with Crippen molar-refractivity contribution >= 4 is 28.7 Å². The fourth-order valence-corrected chi connectivity index (χ4v) is 2.29. The van der Waals surface area contributed by atoms with Gasteiger partial charge < -0.3 is 14.5 Å². The summed E-state index contributed by atoms with van der Waals surface area (Å²) in [4.78, 5) is 18.3. The maximum atomic E-state index is 13.3. The molecule has 0 unspecified atom stereocenters. The molecular formula is C19H14FN3O3. The molecule has 0 aliphatic heterocycles. The largest absolute Gasteiger partial charge is 0.482 e. The molecule has 0 aliphatic carbocycles. The topological polar surface area (TPSA) is 88.0 Å². The van der Waals surface area contributed by atoms with Crippen LogP contribution in [0.1, 0.15) is 11.4 Å². The van der Waals surface area contributed by atoms with Gasteiger partial charge in [-0.05, 0) is 42.0 Å². The molecule has 0 saturated heterocycles. The van der Waals surface area contributed by atoms with E-state index < -0.39 is 5.97 Å². The van der Waals surface area contributed by atoms with Gasteiger partial charge in [-0.2, -0.15) is 5.26 Å². The monoisotopic (exact) mass is 351 g/mol. The highest BCUT2D eigenvalue weighted by molar-refractivity contribution is 5.90. The number of methoxy groups -OCH3 is 1. The molecule has 2 aromatic carbocycles. The second-order valence-electron chi connectivity index (χ2n) is 5.35. The normalized spacial score (nSPS) is 11.2. The van der Waals surface area contributed by atoms with Crippen LogP contribution in [0.5, 0.6) is 5.75 Å². The van der Waals surface area contributed by atoms with E-state index in [1.54, 1.807) is 36.4 Å². The number of hydrogen-bond acceptors (Lipinski definition) is 5. The lowest BCUT2D eigenvalue weighted by molar-refractivity contribution is -0.142. The lowest BCUT2D eigenvalue weighted by Gasteiger charge is -2.04. The maximum absolute atomic E-state index is 13.3. The number of nitrogens with one attached hydrogen (secondary N) is 1. The summed E-state index contributed by atoms with van der Waals surface area (Å²) in [5.41, 5.74) is 2.16. The summed E-state index contributed by atoms with van der Waals surface area (Å²) in [5, 5.41) is 9.42. The van der Waals surface area contributed by atoms with Crippen LogP contribution in [0.25, 0.3) is 22.7 Å². The van der Waals surface area contributed by atoms with E-state index in [-0.39, 0.29) is 12.4 Å². The van der Waals surface area contributed by atoms with Crippen LogP contribution in [0.4, 0.5) is 4.39 Å². The highest BCUT2D eigenvalue weighted by atomic mass is 19.1. The second kappa shape index (κ2) is 7.49. The van der Waals surface area contributed by atoms with E-state index in [0.717, 1.165) is 5.56 Å². The molecule has 130 valence electrons. The van der Waals surface area contributed by atoms with Crippen LogP contribution in [0, 0.1) is 17.1 Å². The van der Waals surface area contributed by atoms with Crippen molar-refractivity contribution in [3.63, 3.8) is 0 Å². The molecule has 26 heavy (non-hydrogen) atoms. The van der Waals surface area contributed by atoms with Crippen LogP contribution in [0.2, 0.25) is 0 Å². The molecule has 1 N–H and O–H groups in total. The molecule has 0 spiro atoms. The first kappa shape index (κ1) is 17.2. The molecule has 0 radical (unpaired) electrons. The summed E-state index contributed by atoms with van der Waals surface area (Å²) in [7, 11) is 1.29. The fourth-order valence-electron chi connectivity index (χ4n) is 2.29. The Bertz CT molecular complexity index is 1020. The van der Waals surface area contributed by atoms with Crippen molar-refractivity contribution in [2.45, 2.75) is 0 Å². The minimum atomic E-state index is -0.470. The highest BCUT2D eigenvalue weighted by Gasteiger charge is 2.09. The van der Waals surface area contributed by atoms with Gasteiger partial charge in [-0.15, -0.1) is 0 Å². The molecule has 1 aromatic heterocycles. The number of esters is 1. The number of nitrogens with zero attached hydrogens (tertiary/aromatic N) is 2. The van der Waals surface area contributed by atoms with Gasteiger partial charge in [0.15, 0.2) is 6.61 Å². The number of fused-ring (bicyclic) bond motifs is 1. The van der Waals surface area contributed by atoms with E-state index in [1.165, 1.54) is 19.2 Å². The number of imidazole rings is 1. The summed E-state index contributed by atoms with van der Waals surface area (Å²) >= 11 is 0. The first-order valence-corrected chi connectivity index (χ1v) is 7.66. The summed E-state index contributed by atoms with van der Waals surface area (Å²) in [5.74, 6) is 0.0178. The summed E-state index contributed by atoms with van der Waals surface area (Å²) in [6, 6.07) is 13.1. The standard InChI is InChI=1S/C19H14FN3O3/c1-25-18(24)11-26-15-5-2-12(3-6-15)8-13(10-21)19-22-16-7-4-14(20)9-17(16)23-19/h2-9H,11H2,1H3,(H,22,23)/b13-8-. The number of rotatable bonds is 5. The number of H-pyrrole nitrogens is 1. The number of benzene rings is 2. The van der Waals surface area contributed by atoms with Crippen LogP contribution >= 0.6 is 0 Å². The number of aromatic amines is 1. The number of ether oxygens (including phenoxy) is 2. The summed E-state index contributed by atoms with van der Waals surface area (Å²) < 4.78 is 23.0. The van der Waals surface area contributed by atoms with Gasteiger partial charge in [0.05, 0.1) is 23.7 Å². The lowest BCUT2D eigenvalue weighted by atomic mass is 10.1. The molecule has 3 rings (SSSR count). The van der Waals surface area contributed by atoms with Crippen molar-refractivity contribution in [3.8, 4) is 11.8 Å². The molecule has 1 heterocycles. The predicted molar refractivity (Wildman–Crippen MR) is 93.5 cm³/mol. The van der Waals surface area contributed by atoms with Crippen LogP contribution in [0.15, 0.2) is 42.5 Å². The molecular weight excluding hydrogens is 337 g/mol. The van der Waals surface area contributed by atoms with Gasteiger partial charge in [0.2, 0.25) is 0 Å². The van der Waals surface area contributed by atoms with Crippen molar-refractivity contribution in [2.24, 2.45) is 0 Å². The van der Waals surface area contributed by atoms with E-state index >= 15 is 0 Å². The van der Waals surface area contributed by atoms with E-state index in [9.17, 15) is 14.4 Å². The fraction of sp³-hybridized carbons (Fsp3) is 0.105. The Morgan fingerprint density at radius 1 is 1.31 bits per heavy atom. The molecule has 3 aromatic rings. The number of carbonyl (C=O) groups is 1. The smallest absolute Gasteiger partial charge is 0.343 e. The number of nitriles is 1. The van der Waals surface area contributed by atoms with Crippen LogP contribution < -0.4 is 4.74 Å². The Balaban J connectivity index is 1.81. The van der Waals surface area contributed by atoms with Gasteiger partial charge in [-0.1, -0.05) is 12.1 Å². The average Bonchev–Trinajstić information content (AvgIpc) is 3.07. The second-order valence-corrected chi connectivity index (χ2v) is 5.35. The Labute approximate surface area is 148 Å². The number of hydrogen-bond donors (Lipinski definition) is 1. The molecule has 0 fully saturated rings. The third-order valence-electron chi connectivity index (χ3n) is 3.59. The van der Waals surface area contributed by atoms with Gasteiger partial charge in [0.25, 0.3) is 0 Å². The summed E-state index contributed by atoms with van der Waals surface area (Å²) in [6.07, 6.45) is 1.65. The predicted octanol–water partition coefficient (Wildman–Crippen LogP) is 3.32. The molecule has 0 bridgehead atoms. The molecule has 7 heteroatoms. The van der Waals surface area contributed by atoms with Gasteiger partial charge in [0, 0.05) is 0 Å². The SMILES string of the molecule is COC(=O)COc1ccc(/C=C(/C#N)c2nc3ccc(F)cc3[nH]2)cc1. The first-order chi connectivity index (χ1) is 12.6. The highest BCUT2D eigenvalue weighted by Crippen LogP contribution is 2.21. The molecule has 0 saturated carbocycles. The first-order valence-electron chi connectivity index (χ1n) is 7.66. The minimum Gasteiger partial charge on any atom is -0.482 e. The van der Waals surface area contributed by atoms with Gasteiger partial charge in [0.1, 0.15) is 23.5 Å². The van der Waals surface area contributed by atoms with Crippen molar-refractivity contribution in [3.05, 3.63) is 59.7 Å². The number of allylic oxidation sites excluding steroid dienone is 1. The van der Waals surface area contributed by atoms with E-state index in [0.29, 0.717) is 28.2 Å². The minimum absolute atomic E-state index is 0.176. The molecule has 0 aliphatic rings. The van der Waals surface area contributed by atoms with Crippen molar-refractivity contribution in [1.82, 2.24) is 9.97 Å². The number of carbonyl (C=O) groups excluding carboxylic acids is 1. The Kier molecular flexibility index (Phi) is 4.94. The number of aromatic nitrogens is 2. The zero-order chi connectivity index (χ0) is 18.5.